The van der Waals surface area contributed by atoms with Crippen molar-refractivity contribution in [1.29, 1.82) is 0 Å². The SMILES string of the molecule is COc1ccc(CNC(=O)c2ccc3c(c2)C(=O)N(Cc2ccccc2)C3=O)cc1. The van der Waals surface area contributed by atoms with E-state index in [1.54, 1.807) is 19.2 Å². The Bertz CT molecular complexity index is 1110. The first-order valence-corrected chi connectivity index (χ1v) is 9.52. The van der Waals surface area contributed by atoms with Crippen LogP contribution in [0.15, 0.2) is 72.8 Å². The first-order valence-electron chi connectivity index (χ1n) is 9.52. The van der Waals surface area contributed by atoms with Gasteiger partial charge >= 0.3 is 0 Å². The van der Waals surface area contributed by atoms with Gasteiger partial charge in [-0.05, 0) is 41.5 Å². The summed E-state index contributed by atoms with van der Waals surface area (Å²) >= 11 is 0. The van der Waals surface area contributed by atoms with Gasteiger partial charge < -0.3 is 10.1 Å². The second-order valence-corrected chi connectivity index (χ2v) is 6.97. The van der Waals surface area contributed by atoms with Gasteiger partial charge in [-0.1, -0.05) is 42.5 Å². The van der Waals surface area contributed by atoms with Crippen LogP contribution in [-0.4, -0.2) is 29.7 Å². The normalized spacial score (nSPS) is 12.6. The van der Waals surface area contributed by atoms with E-state index in [-0.39, 0.29) is 29.8 Å². The van der Waals surface area contributed by atoms with E-state index in [2.05, 4.69) is 5.32 Å². The van der Waals surface area contributed by atoms with Crippen LogP contribution in [0.5, 0.6) is 5.75 Å². The predicted octanol–water partition coefficient (Wildman–Crippen LogP) is 3.42. The van der Waals surface area contributed by atoms with Gasteiger partial charge in [-0.3, -0.25) is 19.3 Å². The lowest BCUT2D eigenvalue weighted by atomic mass is 10.1. The molecule has 0 saturated heterocycles. The molecule has 4 rings (SSSR count). The highest BCUT2D eigenvalue weighted by atomic mass is 16.5. The van der Waals surface area contributed by atoms with Gasteiger partial charge in [-0.2, -0.15) is 0 Å². The summed E-state index contributed by atoms with van der Waals surface area (Å²) < 4.78 is 5.12. The summed E-state index contributed by atoms with van der Waals surface area (Å²) in [6, 6.07) is 21.3. The number of carbonyl (C=O) groups excluding carboxylic acids is 3. The Balaban J connectivity index is 1.47. The fraction of sp³-hybridized carbons (Fsp3) is 0.125. The van der Waals surface area contributed by atoms with Gasteiger partial charge in [0.15, 0.2) is 0 Å². The zero-order chi connectivity index (χ0) is 21.1. The number of fused-ring (bicyclic) bond motifs is 1. The monoisotopic (exact) mass is 400 g/mol. The van der Waals surface area contributed by atoms with Crippen LogP contribution in [0, 0.1) is 0 Å². The number of hydrogen-bond acceptors (Lipinski definition) is 4. The van der Waals surface area contributed by atoms with Crippen molar-refractivity contribution in [2.75, 3.05) is 7.11 Å². The van der Waals surface area contributed by atoms with Gasteiger partial charge in [0.25, 0.3) is 17.7 Å². The minimum Gasteiger partial charge on any atom is -0.497 e. The lowest BCUT2D eigenvalue weighted by Crippen LogP contribution is -2.29. The number of ether oxygens (including phenoxy) is 1. The number of nitrogens with zero attached hydrogens (tertiary/aromatic N) is 1. The van der Waals surface area contributed by atoms with E-state index >= 15 is 0 Å². The van der Waals surface area contributed by atoms with Gasteiger partial charge in [0, 0.05) is 12.1 Å². The van der Waals surface area contributed by atoms with Crippen molar-refractivity contribution in [1.82, 2.24) is 10.2 Å². The standard InChI is InChI=1S/C24H20N2O4/c1-30-19-10-7-16(8-11-19)14-25-22(27)18-9-12-20-21(13-18)24(29)26(23(20)28)15-17-5-3-2-4-6-17/h2-13H,14-15H2,1H3,(H,25,27). The zero-order valence-electron chi connectivity index (χ0n) is 16.4. The highest BCUT2D eigenvalue weighted by Crippen LogP contribution is 2.25. The average Bonchev–Trinajstić information content (AvgIpc) is 3.03. The zero-order valence-corrected chi connectivity index (χ0v) is 16.4. The fourth-order valence-corrected chi connectivity index (χ4v) is 3.37. The van der Waals surface area contributed by atoms with Crippen molar-refractivity contribution in [2.24, 2.45) is 0 Å². The number of benzene rings is 3. The molecule has 3 aromatic rings. The van der Waals surface area contributed by atoms with Crippen LogP contribution in [0.2, 0.25) is 0 Å². The van der Waals surface area contributed by atoms with Crippen molar-refractivity contribution in [3.8, 4) is 5.75 Å². The number of rotatable bonds is 6. The van der Waals surface area contributed by atoms with Crippen LogP contribution in [0.3, 0.4) is 0 Å². The van der Waals surface area contributed by atoms with E-state index in [0.29, 0.717) is 17.7 Å². The summed E-state index contributed by atoms with van der Waals surface area (Å²) in [5.41, 5.74) is 2.70. The predicted molar refractivity (Wildman–Crippen MR) is 111 cm³/mol. The molecule has 3 amide bonds. The van der Waals surface area contributed by atoms with Crippen LogP contribution in [-0.2, 0) is 13.1 Å². The van der Waals surface area contributed by atoms with Gasteiger partial charge in [-0.25, -0.2) is 0 Å². The summed E-state index contributed by atoms with van der Waals surface area (Å²) in [4.78, 5) is 39.2. The molecule has 0 spiro atoms. The van der Waals surface area contributed by atoms with Gasteiger partial charge in [0.1, 0.15) is 5.75 Å². The summed E-state index contributed by atoms with van der Waals surface area (Å²) in [6.07, 6.45) is 0. The lowest BCUT2D eigenvalue weighted by molar-refractivity contribution is 0.0642. The summed E-state index contributed by atoms with van der Waals surface area (Å²) in [5, 5.41) is 2.83. The topological polar surface area (TPSA) is 75.7 Å². The molecule has 0 bridgehead atoms. The third-order valence-corrected chi connectivity index (χ3v) is 5.03. The Hall–Kier alpha value is -3.93. The molecule has 1 heterocycles. The third kappa shape index (κ3) is 3.80. The van der Waals surface area contributed by atoms with Crippen molar-refractivity contribution in [2.45, 2.75) is 13.1 Å². The van der Waals surface area contributed by atoms with Crippen molar-refractivity contribution in [3.05, 3.63) is 101 Å². The summed E-state index contributed by atoms with van der Waals surface area (Å²) in [5.74, 6) is -0.296. The molecule has 1 N–H and O–H groups in total. The molecule has 3 aromatic carbocycles. The van der Waals surface area contributed by atoms with Crippen LogP contribution in [0.1, 0.15) is 42.2 Å². The number of nitrogens with one attached hydrogen (secondary N) is 1. The van der Waals surface area contributed by atoms with Crippen LogP contribution in [0.4, 0.5) is 0 Å². The molecule has 150 valence electrons. The molecule has 0 aromatic heterocycles. The molecular weight excluding hydrogens is 380 g/mol. The number of carbonyl (C=O) groups is 3. The van der Waals surface area contributed by atoms with Crippen LogP contribution in [0.25, 0.3) is 0 Å². The summed E-state index contributed by atoms with van der Waals surface area (Å²) in [6.45, 7) is 0.541. The number of imide groups is 1. The minimum absolute atomic E-state index is 0.201. The molecule has 0 radical (unpaired) electrons. The maximum Gasteiger partial charge on any atom is 0.261 e. The van der Waals surface area contributed by atoms with E-state index in [1.807, 2.05) is 54.6 Å². The van der Waals surface area contributed by atoms with E-state index in [1.165, 1.54) is 11.0 Å². The van der Waals surface area contributed by atoms with Crippen molar-refractivity contribution < 1.29 is 19.1 Å². The molecule has 6 nitrogen and oxygen atoms in total. The largest absolute Gasteiger partial charge is 0.497 e. The fourth-order valence-electron chi connectivity index (χ4n) is 3.37. The highest BCUT2D eigenvalue weighted by molar-refractivity contribution is 6.22. The van der Waals surface area contributed by atoms with E-state index in [0.717, 1.165) is 16.9 Å². The first kappa shape index (κ1) is 19.4. The smallest absolute Gasteiger partial charge is 0.261 e. The molecular formula is C24H20N2O4. The van der Waals surface area contributed by atoms with E-state index in [9.17, 15) is 14.4 Å². The van der Waals surface area contributed by atoms with Crippen molar-refractivity contribution >= 4 is 17.7 Å². The Morgan fingerprint density at radius 2 is 1.57 bits per heavy atom. The molecule has 0 atom stereocenters. The van der Waals surface area contributed by atoms with E-state index < -0.39 is 0 Å². The molecule has 0 fully saturated rings. The van der Waals surface area contributed by atoms with Gasteiger partial charge in [0.2, 0.25) is 0 Å². The minimum atomic E-state index is -0.386. The van der Waals surface area contributed by atoms with Crippen molar-refractivity contribution in [3.63, 3.8) is 0 Å². The van der Waals surface area contributed by atoms with Gasteiger partial charge in [0.05, 0.1) is 24.8 Å². The second kappa shape index (κ2) is 8.21. The van der Waals surface area contributed by atoms with Gasteiger partial charge in [-0.15, -0.1) is 0 Å². The summed E-state index contributed by atoms with van der Waals surface area (Å²) in [7, 11) is 1.59. The molecule has 30 heavy (non-hydrogen) atoms. The van der Waals surface area contributed by atoms with Crippen LogP contribution < -0.4 is 10.1 Å². The Kier molecular flexibility index (Phi) is 5.30. The third-order valence-electron chi connectivity index (χ3n) is 5.03. The Morgan fingerprint density at radius 3 is 2.27 bits per heavy atom. The molecule has 6 heteroatoms. The Labute approximate surface area is 174 Å². The maximum absolute atomic E-state index is 12.8. The molecule has 0 saturated carbocycles. The molecule has 0 aliphatic carbocycles. The van der Waals surface area contributed by atoms with Crippen LogP contribution >= 0.6 is 0 Å². The quantitative estimate of drug-likeness (QED) is 0.644. The number of methoxy groups -OCH3 is 1. The van der Waals surface area contributed by atoms with E-state index in [4.69, 9.17) is 4.74 Å². The second-order valence-electron chi connectivity index (χ2n) is 6.97. The maximum atomic E-state index is 12.8. The number of hydrogen-bond donors (Lipinski definition) is 1. The first-order chi connectivity index (χ1) is 14.6. The number of amides is 3. The molecule has 0 unspecified atom stereocenters. The molecule has 1 aliphatic rings. The Morgan fingerprint density at radius 1 is 0.867 bits per heavy atom. The molecule has 1 aliphatic heterocycles. The highest BCUT2D eigenvalue weighted by Gasteiger charge is 2.35. The lowest BCUT2D eigenvalue weighted by Gasteiger charge is -2.13. The average molecular weight is 400 g/mol.